The second-order valence-electron chi connectivity index (χ2n) is 2.45. The molecule has 1 rings (SSSR count). The van der Waals surface area contributed by atoms with Crippen LogP contribution in [0.2, 0.25) is 0 Å². The Morgan fingerprint density at radius 2 is 2.46 bits per heavy atom. The summed E-state index contributed by atoms with van der Waals surface area (Å²) in [7, 11) is 0. The summed E-state index contributed by atoms with van der Waals surface area (Å²) in [4.78, 5) is 10.5. The van der Waals surface area contributed by atoms with Gasteiger partial charge in [-0.3, -0.25) is 0 Å². The molecule has 4 heteroatoms. The maximum Gasteiger partial charge on any atom is 0.335 e. The molecule has 0 amide bonds. The molecule has 0 radical (unpaired) electrons. The van der Waals surface area contributed by atoms with Gasteiger partial charge in [0.05, 0.1) is 17.2 Å². The number of nitrogens with zero attached hydrogens (tertiary/aromatic N) is 1. The summed E-state index contributed by atoms with van der Waals surface area (Å²) < 4.78 is 0. The first-order valence-corrected chi connectivity index (χ1v) is 4.55. The summed E-state index contributed by atoms with van der Waals surface area (Å²) >= 11 is 1.40. The van der Waals surface area contributed by atoms with E-state index in [1.54, 1.807) is 11.5 Å². The van der Waals surface area contributed by atoms with Gasteiger partial charge in [-0.1, -0.05) is 6.58 Å². The lowest BCUT2D eigenvalue weighted by Crippen LogP contribution is -2.05. The monoisotopic (exact) mass is 193 g/mol. The van der Waals surface area contributed by atoms with Gasteiger partial charge in [0.2, 0.25) is 0 Å². The number of hydrogen-bond acceptors (Lipinski definition) is 3. The Hall–Kier alpha value is -1.47. The molecular formula is C9H7NO2S. The molecular weight excluding hydrogens is 186 g/mol. The summed E-state index contributed by atoms with van der Waals surface area (Å²) in [5.74, 6) is -0.470. The van der Waals surface area contributed by atoms with Crippen molar-refractivity contribution < 1.29 is 9.90 Å². The van der Waals surface area contributed by atoms with Crippen molar-refractivity contribution in [3.05, 3.63) is 34.8 Å². The van der Waals surface area contributed by atoms with Crippen molar-refractivity contribution in [2.24, 2.45) is 0 Å². The number of carbonyl (C=O) groups is 1. The topological polar surface area (TPSA) is 61.1 Å². The van der Waals surface area contributed by atoms with E-state index in [9.17, 15) is 4.79 Å². The summed E-state index contributed by atoms with van der Waals surface area (Å²) in [5, 5.41) is 18.9. The third kappa shape index (κ3) is 2.23. The highest BCUT2D eigenvalue weighted by Gasteiger charge is 2.13. The van der Waals surface area contributed by atoms with Crippen molar-refractivity contribution in [3.63, 3.8) is 0 Å². The Labute approximate surface area is 80.1 Å². The number of rotatable bonds is 2. The molecule has 0 saturated heterocycles. The first-order valence-electron chi connectivity index (χ1n) is 3.50. The van der Waals surface area contributed by atoms with E-state index in [2.05, 4.69) is 6.58 Å². The quantitative estimate of drug-likeness (QED) is 0.678. The predicted octanol–water partition coefficient (Wildman–Crippen LogP) is 1.71. The lowest BCUT2D eigenvalue weighted by molar-refractivity contribution is -0.132. The molecule has 0 spiro atoms. The fourth-order valence-electron chi connectivity index (χ4n) is 0.855. The first kappa shape index (κ1) is 9.62. The molecule has 0 unspecified atom stereocenters. The fraction of sp³-hybridized carbons (Fsp3) is 0.111. The highest BCUT2D eigenvalue weighted by Crippen LogP contribution is 2.24. The SMILES string of the molecule is C=C(C(=O)O)C1=CC(C#N)=CSC1. The van der Waals surface area contributed by atoms with Crippen molar-refractivity contribution in [2.75, 3.05) is 5.75 Å². The maximum atomic E-state index is 10.5. The lowest BCUT2D eigenvalue weighted by Gasteiger charge is -2.09. The van der Waals surface area contributed by atoms with Crippen LogP contribution in [0.5, 0.6) is 0 Å². The number of thioether (sulfide) groups is 1. The van der Waals surface area contributed by atoms with E-state index in [1.165, 1.54) is 11.8 Å². The minimum atomic E-state index is -1.04. The zero-order valence-corrected chi connectivity index (χ0v) is 7.60. The molecule has 0 atom stereocenters. The normalized spacial score (nSPS) is 15.3. The predicted molar refractivity (Wildman–Crippen MR) is 51.0 cm³/mol. The summed E-state index contributed by atoms with van der Waals surface area (Å²) in [6.45, 7) is 3.43. The number of aliphatic carboxylic acids is 1. The molecule has 66 valence electrons. The van der Waals surface area contributed by atoms with E-state index in [0.717, 1.165) is 0 Å². The molecule has 13 heavy (non-hydrogen) atoms. The number of carboxylic acids is 1. The Bertz CT molecular complexity index is 360. The molecule has 1 N–H and O–H groups in total. The third-order valence-electron chi connectivity index (χ3n) is 1.55. The average Bonchev–Trinajstić information content (AvgIpc) is 2.16. The maximum absolute atomic E-state index is 10.5. The Morgan fingerprint density at radius 3 is 3.00 bits per heavy atom. The van der Waals surface area contributed by atoms with Gasteiger partial charge in [0, 0.05) is 5.75 Å². The highest BCUT2D eigenvalue weighted by molar-refractivity contribution is 8.02. The number of allylic oxidation sites excluding steroid dienone is 2. The summed E-state index contributed by atoms with van der Waals surface area (Å²) in [6, 6.07) is 1.96. The Balaban J connectivity index is 2.90. The van der Waals surface area contributed by atoms with Gasteiger partial charge in [0.1, 0.15) is 0 Å². The van der Waals surface area contributed by atoms with Crippen molar-refractivity contribution in [3.8, 4) is 6.07 Å². The van der Waals surface area contributed by atoms with E-state index < -0.39 is 5.97 Å². The highest BCUT2D eigenvalue weighted by atomic mass is 32.2. The van der Waals surface area contributed by atoms with Crippen LogP contribution in [-0.4, -0.2) is 16.8 Å². The molecule has 0 saturated carbocycles. The van der Waals surface area contributed by atoms with Gasteiger partial charge in [0.25, 0.3) is 0 Å². The van der Waals surface area contributed by atoms with Gasteiger partial charge in [-0.2, -0.15) is 5.26 Å². The van der Waals surface area contributed by atoms with Gasteiger partial charge in [0.15, 0.2) is 0 Å². The van der Waals surface area contributed by atoms with Crippen LogP contribution in [-0.2, 0) is 4.79 Å². The summed E-state index contributed by atoms with van der Waals surface area (Å²) in [5.41, 5.74) is 1.15. The third-order valence-corrected chi connectivity index (χ3v) is 2.45. The van der Waals surface area contributed by atoms with E-state index >= 15 is 0 Å². The smallest absolute Gasteiger partial charge is 0.335 e. The van der Waals surface area contributed by atoms with Crippen LogP contribution in [0.4, 0.5) is 0 Å². The molecule has 1 aliphatic rings. The second kappa shape index (κ2) is 3.97. The molecule has 0 aromatic rings. The van der Waals surface area contributed by atoms with E-state index in [-0.39, 0.29) is 5.57 Å². The van der Waals surface area contributed by atoms with Crippen LogP contribution in [0, 0.1) is 11.3 Å². The van der Waals surface area contributed by atoms with Gasteiger partial charge < -0.3 is 5.11 Å². The zero-order valence-electron chi connectivity index (χ0n) is 6.78. The van der Waals surface area contributed by atoms with Crippen LogP contribution in [0.1, 0.15) is 0 Å². The molecule has 3 nitrogen and oxygen atoms in total. The molecule has 0 aromatic carbocycles. The molecule has 0 fully saturated rings. The standard InChI is InChI=1S/C9H7NO2S/c1-6(9(11)12)8-2-7(3-10)4-13-5-8/h2,4H,1,5H2,(H,11,12). The Kier molecular flexibility index (Phi) is 2.93. The first-order chi connectivity index (χ1) is 6.15. The van der Waals surface area contributed by atoms with Crippen LogP contribution >= 0.6 is 11.8 Å². The number of carboxylic acid groups (broad SMARTS) is 1. The molecule has 1 aliphatic heterocycles. The van der Waals surface area contributed by atoms with E-state index in [4.69, 9.17) is 10.4 Å². The van der Waals surface area contributed by atoms with Crippen molar-refractivity contribution >= 4 is 17.7 Å². The average molecular weight is 193 g/mol. The van der Waals surface area contributed by atoms with Crippen molar-refractivity contribution in [2.45, 2.75) is 0 Å². The van der Waals surface area contributed by atoms with Crippen LogP contribution in [0.15, 0.2) is 34.8 Å². The largest absolute Gasteiger partial charge is 0.478 e. The van der Waals surface area contributed by atoms with Crippen LogP contribution < -0.4 is 0 Å². The van der Waals surface area contributed by atoms with Crippen LogP contribution in [0.3, 0.4) is 0 Å². The van der Waals surface area contributed by atoms with Crippen molar-refractivity contribution in [1.82, 2.24) is 0 Å². The lowest BCUT2D eigenvalue weighted by atomic mass is 10.1. The molecule has 0 aliphatic carbocycles. The van der Waals surface area contributed by atoms with E-state index in [1.807, 2.05) is 6.07 Å². The fourth-order valence-corrected chi connectivity index (χ4v) is 1.68. The van der Waals surface area contributed by atoms with Gasteiger partial charge in [-0.05, 0) is 17.1 Å². The van der Waals surface area contributed by atoms with Gasteiger partial charge in [-0.15, -0.1) is 11.8 Å². The van der Waals surface area contributed by atoms with Gasteiger partial charge >= 0.3 is 5.97 Å². The Morgan fingerprint density at radius 1 is 1.77 bits per heavy atom. The molecule has 0 bridgehead atoms. The zero-order chi connectivity index (χ0) is 9.84. The molecule has 0 aromatic heterocycles. The second-order valence-corrected chi connectivity index (χ2v) is 3.31. The minimum Gasteiger partial charge on any atom is -0.478 e. The number of hydrogen-bond donors (Lipinski definition) is 1. The van der Waals surface area contributed by atoms with Crippen molar-refractivity contribution in [1.29, 1.82) is 5.26 Å². The number of nitriles is 1. The minimum absolute atomic E-state index is 0.0633. The van der Waals surface area contributed by atoms with Gasteiger partial charge in [-0.25, -0.2) is 4.79 Å². The molecule has 1 heterocycles. The van der Waals surface area contributed by atoms with E-state index in [0.29, 0.717) is 16.9 Å². The van der Waals surface area contributed by atoms with Crippen LogP contribution in [0.25, 0.3) is 0 Å². The summed E-state index contributed by atoms with van der Waals surface area (Å²) in [6.07, 6.45) is 1.56.